The first-order valence-corrected chi connectivity index (χ1v) is 3.01. The fraction of sp³-hybridized carbons (Fsp3) is 0.143. The van der Waals surface area contributed by atoms with E-state index >= 15 is 0 Å². The van der Waals surface area contributed by atoms with Crippen molar-refractivity contribution in [2.75, 3.05) is 0 Å². The molecule has 0 amide bonds. The molecule has 0 bridgehead atoms. The number of hydrogen-bond acceptors (Lipinski definition) is 2. The van der Waals surface area contributed by atoms with Crippen molar-refractivity contribution in [3.63, 3.8) is 0 Å². The monoisotopic (exact) mass is 152 g/mol. The molecule has 1 rings (SSSR count). The van der Waals surface area contributed by atoms with Crippen LogP contribution >= 0.6 is 0 Å². The third kappa shape index (κ3) is 1.02. The fourth-order valence-electron chi connectivity index (χ4n) is 0.740. The average Bonchev–Trinajstić information content (AvgIpc) is 1.97. The van der Waals surface area contributed by atoms with E-state index in [1.807, 2.05) is 0 Å². The molecular formula is C7H8N2O2. The zero-order valence-electron chi connectivity index (χ0n) is 6.18. The molecule has 0 aliphatic carbocycles. The van der Waals surface area contributed by atoms with Crippen LogP contribution in [-0.2, 0) is 7.05 Å². The predicted octanol–water partition coefficient (Wildman–Crippen LogP) is -2.11. The minimum atomic E-state index is -0.378. The Labute approximate surface area is 62.1 Å². The van der Waals surface area contributed by atoms with Gasteiger partial charge < -0.3 is 9.55 Å². The molecule has 0 spiro atoms. The lowest BCUT2D eigenvalue weighted by Gasteiger charge is -1.94. The van der Waals surface area contributed by atoms with Gasteiger partial charge in [-0.25, -0.2) is 0 Å². The van der Waals surface area contributed by atoms with Crippen molar-refractivity contribution < 1.29 is 0 Å². The van der Waals surface area contributed by atoms with Crippen LogP contribution in [0, 0.1) is 0 Å². The smallest absolute Gasteiger partial charge is 0.274 e. The lowest BCUT2D eigenvalue weighted by Crippen LogP contribution is -2.50. The topological polar surface area (TPSA) is 54.9 Å². The summed E-state index contributed by atoms with van der Waals surface area (Å²) in [5.41, 5.74) is -0.702. The molecule has 0 unspecified atom stereocenters. The molecule has 0 saturated heterocycles. The average molecular weight is 152 g/mol. The van der Waals surface area contributed by atoms with Crippen molar-refractivity contribution in [2.45, 2.75) is 0 Å². The SMILES string of the molecule is C=c1[nH]c(=O)c(=C)n(C)c1=O. The molecule has 1 N–H and O–H groups in total. The summed E-state index contributed by atoms with van der Waals surface area (Å²) in [6.45, 7) is 6.78. The Kier molecular flexibility index (Phi) is 1.53. The summed E-state index contributed by atoms with van der Waals surface area (Å²) in [5, 5.41) is 0.229. The van der Waals surface area contributed by atoms with Crippen LogP contribution in [-0.4, -0.2) is 9.55 Å². The van der Waals surface area contributed by atoms with Gasteiger partial charge in [0, 0.05) is 7.05 Å². The summed E-state index contributed by atoms with van der Waals surface area (Å²) >= 11 is 0. The van der Waals surface area contributed by atoms with Gasteiger partial charge in [-0.15, -0.1) is 0 Å². The van der Waals surface area contributed by atoms with E-state index in [-0.39, 0.29) is 21.8 Å². The van der Waals surface area contributed by atoms with Gasteiger partial charge in [0.05, 0.1) is 0 Å². The Morgan fingerprint density at radius 2 is 1.91 bits per heavy atom. The van der Waals surface area contributed by atoms with E-state index in [9.17, 15) is 9.59 Å². The number of hydrogen-bond donors (Lipinski definition) is 1. The highest BCUT2D eigenvalue weighted by atomic mass is 16.1. The van der Waals surface area contributed by atoms with Crippen LogP contribution in [0.4, 0.5) is 0 Å². The summed E-state index contributed by atoms with van der Waals surface area (Å²) in [7, 11) is 1.48. The number of nitrogens with zero attached hydrogens (tertiary/aromatic N) is 1. The molecule has 4 heteroatoms. The lowest BCUT2D eigenvalue weighted by atomic mass is 10.5. The van der Waals surface area contributed by atoms with Gasteiger partial charge in [0.2, 0.25) is 0 Å². The van der Waals surface area contributed by atoms with Gasteiger partial charge in [-0.3, -0.25) is 9.59 Å². The largest absolute Gasteiger partial charge is 0.317 e. The summed E-state index contributed by atoms with van der Waals surface area (Å²) < 4.78 is 1.17. The van der Waals surface area contributed by atoms with Crippen LogP contribution in [0.5, 0.6) is 0 Å². The molecule has 1 heterocycles. The van der Waals surface area contributed by atoms with Crippen LogP contribution in [0.3, 0.4) is 0 Å². The molecule has 58 valence electrons. The Bertz CT molecular complexity index is 438. The molecule has 1 aromatic heterocycles. The van der Waals surface area contributed by atoms with Gasteiger partial charge in [0.1, 0.15) is 10.7 Å². The maximum absolute atomic E-state index is 11.0. The van der Waals surface area contributed by atoms with Gasteiger partial charge in [0.15, 0.2) is 0 Å². The first kappa shape index (κ1) is 7.53. The Morgan fingerprint density at radius 3 is 2.45 bits per heavy atom. The summed E-state index contributed by atoms with van der Waals surface area (Å²) in [6, 6.07) is 0. The van der Waals surface area contributed by atoms with Crippen molar-refractivity contribution in [2.24, 2.45) is 7.05 Å². The normalized spacial score (nSPS) is 9.91. The third-order valence-corrected chi connectivity index (χ3v) is 1.49. The molecule has 1 aromatic rings. The number of H-pyrrole nitrogens is 1. The highest BCUT2D eigenvalue weighted by molar-refractivity contribution is 5.00. The van der Waals surface area contributed by atoms with E-state index in [4.69, 9.17) is 0 Å². The minimum Gasteiger partial charge on any atom is -0.317 e. The Morgan fingerprint density at radius 1 is 1.36 bits per heavy atom. The minimum absolute atomic E-state index is 0.0879. The Hall–Kier alpha value is -1.58. The molecule has 0 aliphatic heterocycles. The maximum Gasteiger partial charge on any atom is 0.274 e. The zero-order chi connectivity index (χ0) is 8.59. The van der Waals surface area contributed by atoms with E-state index in [2.05, 4.69) is 18.1 Å². The molecule has 0 aromatic carbocycles. The van der Waals surface area contributed by atoms with Gasteiger partial charge in [-0.05, 0) is 0 Å². The molecule has 11 heavy (non-hydrogen) atoms. The molecule has 0 saturated carbocycles. The van der Waals surface area contributed by atoms with E-state index in [1.165, 1.54) is 11.6 Å². The predicted molar refractivity (Wildman–Crippen MR) is 42.6 cm³/mol. The Balaban J connectivity index is 4.05. The first-order chi connectivity index (χ1) is 5.04. The number of aromatic amines is 1. The number of rotatable bonds is 0. The summed E-state index contributed by atoms with van der Waals surface area (Å²) in [6.07, 6.45) is 0. The third-order valence-electron chi connectivity index (χ3n) is 1.49. The van der Waals surface area contributed by atoms with Crippen LogP contribution in [0.2, 0.25) is 0 Å². The van der Waals surface area contributed by atoms with Gasteiger partial charge in [0.25, 0.3) is 11.1 Å². The molecule has 0 aliphatic rings. The van der Waals surface area contributed by atoms with Crippen LogP contribution in [0.25, 0.3) is 13.2 Å². The van der Waals surface area contributed by atoms with E-state index < -0.39 is 0 Å². The molecule has 4 nitrogen and oxygen atoms in total. The van der Waals surface area contributed by atoms with Crippen molar-refractivity contribution in [1.29, 1.82) is 0 Å². The molecule has 0 radical (unpaired) electrons. The molecular weight excluding hydrogens is 144 g/mol. The second-order valence-electron chi connectivity index (χ2n) is 2.24. The van der Waals surface area contributed by atoms with Crippen molar-refractivity contribution >= 4 is 13.2 Å². The van der Waals surface area contributed by atoms with Crippen LogP contribution in [0.1, 0.15) is 0 Å². The highest BCUT2D eigenvalue weighted by Gasteiger charge is 1.94. The number of aromatic nitrogens is 2. The van der Waals surface area contributed by atoms with Crippen molar-refractivity contribution in [3.05, 3.63) is 31.4 Å². The zero-order valence-corrected chi connectivity index (χ0v) is 6.18. The highest BCUT2D eigenvalue weighted by Crippen LogP contribution is 1.43. The van der Waals surface area contributed by atoms with Gasteiger partial charge >= 0.3 is 0 Å². The summed E-state index contributed by atoms with van der Waals surface area (Å²) in [4.78, 5) is 24.2. The van der Waals surface area contributed by atoms with Gasteiger partial charge in [-0.1, -0.05) is 13.2 Å². The van der Waals surface area contributed by atoms with E-state index in [0.29, 0.717) is 0 Å². The van der Waals surface area contributed by atoms with Gasteiger partial charge in [-0.2, -0.15) is 0 Å². The van der Waals surface area contributed by atoms with Crippen LogP contribution < -0.4 is 21.8 Å². The first-order valence-electron chi connectivity index (χ1n) is 3.01. The summed E-state index contributed by atoms with van der Waals surface area (Å²) in [5.74, 6) is 0. The fourth-order valence-corrected chi connectivity index (χ4v) is 0.740. The van der Waals surface area contributed by atoms with Crippen molar-refractivity contribution in [1.82, 2.24) is 9.55 Å². The van der Waals surface area contributed by atoms with Crippen molar-refractivity contribution in [3.8, 4) is 0 Å². The standard InChI is InChI=1S/C7H8N2O2/c1-4-7(11)9(3)5(2)6(10)8-4/h1-2H2,3H3,(H,8,10). The molecule has 0 atom stereocenters. The second kappa shape index (κ2) is 2.23. The maximum atomic E-state index is 11.0. The molecule has 0 fully saturated rings. The van der Waals surface area contributed by atoms with Crippen LogP contribution in [0.15, 0.2) is 9.59 Å². The van der Waals surface area contributed by atoms with E-state index in [1.54, 1.807) is 0 Å². The number of nitrogens with one attached hydrogen (secondary N) is 1. The second-order valence-corrected chi connectivity index (χ2v) is 2.24. The van der Waals surface area contributed by atoms with E-state index in [0.717, 1.165) is 0 Å². The lowest BCUT2D eigenvalue weighted by molar-refractivity contribution is 0.779. The quantitative estimate of drug-likeness (QED) is 0.462.